The van der Waals surface area contributed by atoms with Crippen LogP contribution in [0.1, 0.15) is 122 Å². The summed E-state index contributed by atoms with van der Waals surface area (Å²) in [6.07, 6.45) is 22.6. The van der Waals surface area contributed by atoms with Crippen LogP contribution < -0.4 is 0 Å². The monoisotopic (exact) mass is 487 g/mol. The molecule has 1 radical (unpaired) electrons. The number of benzene rings is 1. The van der Waals surface area contributed by atoms with Gasteiger partial charge in [0.15, 0.2) is 0 Å². The lowest BCUT2D eigenvalue weighted by Crippen LogP contribution is -2.34. The number of unbranched alkanes of at least 4 members (excludes halogenated alkanes) is 15. The Hall–Kier alpha value is -1.55. The number of hydrogen-bond acceptors (Lipinski definition) is 3. The number of amides is 1. The highest BCUT2D eigenvalue weighted by molar-refractivity contribution is 5.67. The Balaban J connectivity index is 2.06. The Bertz CT molecular complexity index is 591. The first-order chi connectivity index (χ1) is 17.1. The molecular weight excluding hydrogens is 432 g/mol. The quantitative estimate of drug-likeness (QED) is 0.145. The van der Waals surface area contributed by atoms with Crippen LogP contribution in [0.15, 0.2) is 24.3 Å². The average Bonchev–Trinajstić information content (AvgIpc) is 2.86. The molecule has 0 spiro atoms. The van der Waals surface area contributed by atoms with Gasteiger partial charge in [-0.2, -0.15) is 0 Å². The van der Waals surface area contributed by atoms with Gasteiger partial charge in [0.25, 0.3) is 0 Å². The van der Waals surface area contributed by atoms with E-state index in [-0.39, 0.29) is 6.09 Å². The third-order valence-corrected chi connectivity index (χ3v) is 6.70. The molecule has 1 amide bonds. The summed E-state index contributed by atoms with van der Waals surface area (Å²) in [5, 5.41) is 0. The van der Waals surface area contributed by atoms with Gasteiger partial charge in [0.1, 0.15) is 6.61 Å². The average molecular weight is 488 g/mol. The van der Waals surface area contributed by atoms with Crippen LogP contribution in [0.5, 0.6) is 0 Å². The summed E-state index contributed by atoms with van der Waals surface area (Å²) < 4.78 is 5.57. The van der Waals surface area contributed by atoms with Crippen molar-refractivity contribution >= 4 is 6.09 Å². The largest absolute Gasteiger partial charge is 0.445 e. The van der Waals surface area contributed by atoms with Crippen molar-refractivity contribution in [1.29, 1.82) is 0 Å². The van der Waals surface area contributed by atoms with E-state index in [0.717, 1.165) is 38.0 Å². The van der Waals surface area contributed by atoms with Gasteiger partial charge in [-0.25, -0.2) is 4.79 Å². The lowest BCUT2D eigenvalue weighted by Gasteiger charge is -2.23. The summed E-state index contributed by atoms with van der Waals surface area (Å²) in [6, 6.07) is 10.8. The maximum absolute atomic E-state index is 12.7. The molecule has 1 aromatic rings. The molecule has 0 unspecified atom stereocenters. The highest BCUT2D eigenvalue weighted by atomic mass is 16.6. The van der Waals surface area contributed by atoms with E-state index in [2.05, 4.69) is 32.0 Å². The molecule has 0 bridgehead atoms. The molecule has 1 rings (SSSR count). The van der Waals surface area contributed by atoms with Gasteiger partial charge in [0, 0.05) is 13.1 Å². The van der Waals surface area contributed by atoms with Crippen LogP contribution in [-0.4, -0.2) is 49.6 Å². The Morgan fingerprint density at radius 2 is 1.23 bits per heavy atom. The van der Waals surface area contributed by atoms with Crippen molar-refractivity contribution < 1.29 is 9.53 Å². The van der Waals surface area contributed by atoms with E-state index >= 15 is 0 Å². The molecule has 4 nitrogen and oxygen atoms in total. The van der Waals surface area contributed by atoms with Gasteiger partial charge in [-0.15, -0.1) is 0 Å². The van der Waals surface area contributed by atoms with Gasteiger partial charge in [0.2, 0.25) is 0 Å². The zero-order valence-electron chi connectivity index (χ0n) is 23.4. The second kappa shape index (κ2) is 22.9. The summed E-state index contributed by atoms with van der Waals surface area (Å²) in [4.78, 5) is 16.7. The minimum Gasteiger partial charge on any atom is -0.445 e. The van der Waals surface area contributed by atoms with Crippen LogP contribution in [0, 0.1) is 6.07 Å². The smallest absolute Gasteiger partial charge is 0.410 e. The zero-order valence-corrected chi connectivity index (χ0v) is 23.4. The standard InChI is InChI=1S/C31H55N2O2/c1-4-5-6-7-8-9-10-11-12-13-14-15-16-17-18-22-27-33(28-23-26-32(2)3)31(34)35-29-30-24-20-19-21-25-30/h19-21,24H,4-18,22-23,26-29H2,1-3H3. The van der Waals surface area contributed by atoms with E-state index in [1.165, 1.54) is 96.3 Å². The Kier molecular flexibility index (Phi) is 20.6. The number of carbonyl (C=O) groups excluding carboxylic acids is 1. The highest BCUT2D eigenvalue weighted by Gasteiger charge is 2.14. The van der Waals surface area contributed by atoms with E-state index in [9.17, 15) is 4.79 Å². The molecule has 4 heteroatoms. The summed E-state index contributed by atoms with van der Waals surface area (Å²) in [7, 11) is 4.15. The Morgan fingerprint density at radius 3 is 1.71 bits per heavy atom. The minimum absolute atomic E-state index is 0.193. The fourth-order valence-corrected chi connectivity index (χ4v) is 4.47. The van der Waals surface area contributed by atoms with Gasteiger partial charge in [0.05, 0.1) is 0 Å². The molecule has 0 aromatic heterocycles. The fraction of sp³-hybridized carbons (Fsp3) is 0.774. The first-order valence-electron chi connectivity index (χ1n) is 14.7. The lowest BCUT2D eigenvalue weighted by atomic mass is 10.0. The number of ether oxygens (including phenoxy) is 1. The molecule has 0 aliphatic rings. The molecule has 1 aromatic carbocycles. The van der Waals surface area contributed by atoms with Crippen molar-refractivity contribution in [2.24, 2.45) is 0 Å². The van der Waals surface area contributed by atoms with E-state index in [4.69, 9.17) is 4.74 Å². The molecule has 0 saturated carbocycles. The van der Waals surface area contributed by atoms with Crippen LogP contribution in [-0.2, 0) is 11.3 Å². The van der Waals surface area contributed by atoms with E-state index in [1.807, 2.05) is 29.2 Å². The van der Waals surface area contributed by atoms with Crippen LogP contribution in [0.3, 0.4) is 0 Å². The molecule has 0 N–H and O–H groups in total. The number of hydrogen-bond donors (Lipinski definition) is 0. The molecule has 0 fully saturated rings. The van der Waals surface area contributed by atoms with Crippen LogP contribution in [0.2, 0.25) is 0 Å². The van der Waals surface area contributed by atoms with Crippen molar-refractivity contribution in [1.82, 2.24) is 9.80 Å². The topological polar surface area (TPSA) is 32.8 Å². The predicted molar refractivity (Wildman–Crippen MR) is 150 cm³/mol. The van der Waals surface area contributed by atoms with Gasteiger partial charge in [-0.3, -0.25) is 0 Å². The van der Waals surface area contributed by atoms with Gasteiger partial charge in [-0.05, 0) is 45.1 Å². The molecule has 0 heterocycles. The van der Waals surface area contributed by atoms with Crippen molar-refractivity contribution in [3.8, 4) is 0 Å². The third kappa shape index (κ3) is 19.3. The van der Waals surface area contributed by atoms with E-state index < -0.39 is 0 Å². The van der Waals surface area contributed by atoms with Gasteiger partial charge < -0.3 is 14.5 Å². The first-order valence-corrected chi connectivity index (χ1v) is 14.7. The minimum atomic E-state index is -0.193. The summed E-state index contributed by atoms with van der Waals surface area (Å²) >= 11 is 0. The zero-order chi connectivity index (χ0) is 25.4. The van der Waals surface area contributed by atoms with Crippen LogP contribution >= 0.6 is 0 Å². The third-order valence-electron chi connectivity index (χ3n) is 6.70. The molecular formula is C31H55N2O2. The second-order valence-electron chi connectivity index (χ2n) is 10.4. The Labute approximate surface area is 217 Å². The summed E-state index contributed by atoms with van der Waals surface area (Å²) in [5.41, 5.74) is 0.913. The van der Waals surface area contributed by atoms with Crippen molar-refractivity contribution in [3.05, 3.63) is 35.9 Å². The normalized spacial score (nSPS) is 11.2. The molecule has 0 aliphatic carbocycles. The summed E-state index contributed by atoms with van der Waals surface area (Å²) in [5.74, 6) is 0. The maximum Gasteiger partial charge on any atom is 0.410 e. The maximum atomic E-state index is 12.7. The molecule has 201 valence electrons. The van der Waals surface area contributed by atoms with Crippen molar-refractivity contribution in [2.75, 3.05) is 33.7 Å². The van der Waals surface area contributed by atoms with Gasteiger partial charge in [-0.1, -0.05) is 128 Å². The first kappa shape index (κ1) is 31.5. The predicted octanol–water partition coefficient (Wildman–Crippen LogP) is 8.64. The van der Waals surface area contributed by atoms with E-state index in [1.54, 1.807) is 0 Å². The second-order valence-corrected chi connectivity index (χ2v) is 10.4. The molecule has 0 atom stereocenters. The number of rotatable bonds is 23. The van der Waals surface area contributed by atoms with Crippen molar-refractivity contribution in [3.63, 3.8) is 0 Å². The molecule has 35 heavy (non-hydrogen) atoms. The fourth-order valence-electron chi connectivity index (χ4n) is 4.47. The lowest BCUT2D eigenvalue weighted by molar-refractivity contribution is 0.0941. The highest BCUT2D eigenvalue weighted by Crippen LogP contribution is 2.14. The Morgan fingerprint density at radius 1 is 0.714 bits per heavy atom. The van der Waals surface area contributed by atoms with Crippen LogP contribution in [0.25, 0.3) is 0 Å². The molecule has 0 saturated heterocycles. The molecule has 0 aliphatic heterocycles. The van der Waals surface area contributed by atoms with E-state index in [0.29, 0.717) is 6.61 Å². The number of carbonyl (C=O) groups is 1. The van der Waals surface area contributed by atoms with Gasteiger partial charge >= 0.3 is 6.09 Å². The van der Waals surface area contributed by atoms with Crippen molar-refractivity contribution in [2.45, 2.75) is 123 Å². The number of nitrogens with zero attached hydrogens (tertiary/aromatic N) is 2. The SMILES string of the molecule is CCCCCCCCCCCCCCCCCCN(CCCN(C)C)C(=O)OCc1[c]cccc1. The van der Waals surface area contributed by atoms with Crippen LogP contribution in [0.4, 0.5) is 4.79 Å². The summed E-state index contributed by atoms with van der Waals surface area (Å²) in [6.45, 7) is 5.11.